The number of anilines is 2. The minimum absolute atomic E-state index is 0.553. The Kier molecular flexibility index (Phi) is 3.78. The number of nitrogen functional groups attached to an aromatic ring is 1. The first kappa shape index (κ1) is 12.1. The van der Waals surface area contributed by atoms with Crippen molar-refractivity contribution in [2.75, 3.05) is 36.9 Å². The molecule has 2 heterocycles. The van der Waals surface area contributed by atoms with Crippen LogP contribution in [0.25, 0.3) is 0 Å². The van der Waals surface area contributed by atoms with Crippen LogP contribution in [0.1, 0.15) is 19.5 Å². The fourth-order valence-corrected chi connectivity index (χ4v) is 1.93. The summed E-state index contributed by atoms with van der Waals surface area (Å²) in [7, 11) is 0. The van der Waals surface area contributed by atoms with E-state index in [9.17, 15) is 0 Å². The van der Waals surface area contributed by atoms with Crippen LogP contribution in [-0.4, -0.2) is 36.3 Å². The highest BCUT2D eigenvalue weighted by atomic mass is 16.5. The Labute approximate surface area is 102 Å². The minimum atomic E-state index is 0.553. The fourth-order valence-electron chi connectivity index (χ4n) is 1.93. The molecule has 1 aromatic heterocycles. The van der Waals surface area contributed by atoms with Crippen LogP contribution in [-0.2, 0) is 11.2 Å². The van der Waals surface area contributed by atoms with Gasteiger partial charge in [0.05, 0.1) is 13.2 Å². The van der Waals surface area contributed by atoms with E-state index < -0.39 is 0 Å². The van der Waals surface area contributed by atoms with E-state index in [0.717, 1.165) is 44.4 Å². The van der Waals surface area contributed by atoms with Crippen molar-refractivity contribution in [1.82, 2.24) is 9.97 Å². The lowest BCUT2D eigenvalue weighted by Crippen LogP contribution is -2.37. The fraction of sp³-hybridized carbons (Fsp3) is 0.667. The third-order valence-electron chi connectivity index (χ3n) is 2.70. The minimum Gasteiger partial charge on any atom is -0.384 e. The zero-order chi connectivity index (χ0) is 12.3. The average Bonchev–Trinajstić information content (AvgIpc) is 2.28. The van der Waals surface area contributed by atoms with Crippen LogP contribution in [0.4, 0.5) is 11.8 Å². The first-order valence-corrected chi connectivity index (χ1v) is 6.11. The van der Waals surface area contributed by atoms with Gasteiger partial charge in [-0.3, -0.25) is 0 Å². The topological polar surface area (TPSA) is 64.3 Å². The molecule has 1 aromatic rings. The van der Waals surface area contributed by atoms with Gasteiger partial charge in [-0.05, 0) is 12.3 Å². The maximum atomic E-state index is 5.83. The van der Waals surface area contributed by atoms with E-state index in [1.807, 2.05) is 6.07 Å². The third-order valence-corrected chi connectivity index (χ3v) is 2.70. The molecule has 0 atom stereocenters. The van der Waals surface area contributed by atoms with E-state index in [1.54, 1.807) is 0 Å². The summed E-state index contributed by atoms with van der Waals surface area (Å²) < 4.78 is 5.32. The van der Waals surface area contributed by atoms with Crippen molar-refractivity contribution in [1.29, 1.82) is 0 Å². The molecule has 1 aliphatic heterocycles. The Bertz CT molecular complexity index is 375. The van der Waals surface area contributed by atoms with Crippen LogP contribution < -0.4 is 10.6 Å². The first-order valence-electron chi connectivity index (χ1n) is 6.11. The largest absolute Gasteiger partial charge is 0.384 e. The summed E-state index contributed by atoms with van der Waals surface area (Å²) in [6, 6.07) is 1.87. The molecule has 94 valence electrons. The van der Waals surface area contributed by atoms with Gasteiger partial charge in [0.15, 0.2) is 0 Å². The quantitative estimate of drug-likeness (QED) is 0.851. The lowest BCUT2D eigenvalue weighted by molar-refractivity contribution is 0.122. The van der Waals surface area contributed by atoms with Crippen molar-refractivity contribution < 1.29 is 4.74 Å². The van der Waals surface area contributed by atoms with Crippen LogP contribution in [0, 0.1) is 5.92 Å². The van der Waals surface area contributed by atoms with Crippen molar-refractivity contribution in [2.24, 2.45) is 5.92 Å². The van der Waals surface area contributed by atoms with Gasteiger partial charge in [-0.25, -0.2) is 4.98 Å². The molecule has 0 saturated carbocycles. The number of nitrogens with two attached hydrogens (primary N) is 1. The van der Waals surface area contributed by atoms with Crippen molar-refractivity contribution in [3.05, 3.63) is 11.8 Å². The van der Waals surface area contributed by atoms with E-state index in [1.165, 1.54) is 0 Å². The number of rotatable bonds is 3. The number of ether oxygens (including phenoxy) is 1. The summed E-state index contributed by atoms with van der Waals surface area (Å²) in [4.78, 5) is 11.0. The van der Waals surface area contributed by atoms with Crippen LogP contribution in [0.2, 0.25) is 0 Å². The van der Waals surface area contributed by atoms with Gasteiger partial charge in [0.25, 0.3) is 0 Å². The second kappa shape index (κ2) is 5.31. The molecule has 5 heteroatoms. The van der Waals surface area contributed by atoms with Crippen molar-refractivity contribution in [2.45, 2.75) is 20.3 Å². The van der Waals surface area contributed by atoms with Gasteiger partial charge in [-0.1, -0.05) is 13.8 Å². The molecule has 0 unspecified atom stereocenters. The maximum absolute atomic E-state index is 5.83. The van der Waals surface area contributed by atoms with Gasteiger partial charge in [-0.2, -0.15) is 4.98 Å². The molecule has 0 amide bonds. The number of morpholine rings is 1. The zero-order valence-corrected chi connectivity index (χ0v) is 10.5. The summed E-state index contributed by atoms with van der Waals surface area (Å²) in [6.45, 7) is 7.49. The predicted octanol–water partition coefficient (Wildman–Crippen LogP) is 1.09. The third kappa shape index (κ3) is 3.30. The van der Waals surface area contributed by atoms with Gasteiger partial charge < -0.3 is 15.4 Å². The number of hydrogen-bond donors (Lipinski definition) is 1. The van der Waals surface area contributed by atoms with E-state index in [4.69, 9.17) is 10.5 Å². The smallest absolute Gasteiger partial charge is 0.227 e. The molecule has 0 spiro atoms. The van der Waals surface area contributed by atoms with Crippen LogP contribution >= 0.6 is 0 Å². The molecule has 0 bridgehead atoms. The van der Waals surface area contributed by atoms with Crippen LogP contribution in [0.15, 0.2) is 6.07 Å². The molecule has 2 N–H and O–H groups in total. The Morgan fingerprint density at radius 2 is 2.06 bits per heavy atom. The molecule has 1 fully saturated rings. The molecule has 2 rings (SSSR count). The summed E-state index contributed by atoms with van der Waals surface area (Å²) in [5.41, 5.74) is 6.85. The van der Waals surface area contributed by atoms with Crippen LogP contribution in [0.5, 0.6) is 0 Å². The van der Waals surface area contributed by atoms with Crippen molar-refractivity contribution >= 4 is 11.8 Å². The highest BCUT2D eigenvalue weighted by molar-refractivity contribution is 5.40. The van der Waals surface area contributed by atoms with E-state index in [2.05, 4.69) is 28.7 Å². The molecular weight excluding hydrogens is 216 g/mol. The molecule has 1 saturated heterocycles. The van der Waals surface area contributed by atoms with Gasteiger partial charge in [0.1, 0.15) is 5.82 Å². The lowest BCUT2D eigenvalue weighted by atomic mass is 10.1. The molecule has 1 aliphatic rings. The van der Waals surface area contributed by atoms with Gasteiger partial charge in [0, 0.05) is 24.8 Å². The molecule has 0 radical (unpaired) electrons. The number of nitrogens with zero attached hydrogens (tertiary/aromatic N) is 3. The Hall–Kier alpha value is -1.36. The second-order valence-corrected chi connectivity index (χ2v) is 4.78. The highest BCUT2D eigenvalue weighted by Gasteiger charge is 2.15. The maximum Gasteiger partial charge on any atom is 0.227 e. The molecular formula is C12H20N4O. The zero-order valence-electron chi connectivity index (χ0n) is 10.5. The van der Waals surface area contributed by atoms with Crippen LogP contribution in [0.3, 0.4) is 0 Å². The molecule has 5 nitrogen and oxygen atoms in total. The Morgan fingerprint density at radius 3 is 2.71 bits per heavy atom. The lowest BCUT2D eigenvalue weighted by Gasteiger charge is -2.27. The molecule has 0 aromatic carbocycles. The monoisotopic (exact) mass is 236 g/mol. The first-order chi connectivity index (χ1) is 8.15. The Balaban J connectivity index is 2.18. The van der Waals surface area contributed by atoms with Crippen molar-refractivity contribution in [3.63, 3.8) is 0 Å². The summed E-state index contributed by atoms with van der Waals surface area (Å²) >= 11 is 0. The average molecular weight is 236 g/mol. The predicted molar refractivity (Wildman–Crippen MR) is 68.0 cm³/mol. The highest BCUT2D eigenvalue weighted by Crippen LogP contribution is 2.15. The van der Waals surface area contributed by atoms with Gasteiger partial charge in [0.2, 0.25) is 5.95 Å². The van der Waals surface area contributed by atoms with E-state index in [0.29, 0.717) is 11.7 Å². The molecule has 0 aliphatic carbocycles. The summed E-state index contributed by atoms with van der Waals surface area (Å²) in [6.07, 6.45) is 0.935. The SMILES string of the molecule is CC(C)Cc1cc(N)nc(N2CCOCC2)n1. The van der Waals surface area contributed by atoms with Gasteiger partial charge in [-0.15, -0.1) is 0 Å². The number of hydrogen-bond acceptors (Lipinski definition) is 5. The summed E-state index contributed by atoms with van der Waals surface area (Å²) in [5, 5.41) is 0. The van der Waals surface area contributed by atoms with Crippen molar-refractivity contribution in [3.8, 4) is 0 Å². The second-order valence-electron chi connectivity index (χ2n) is 4.78. The molecule has 17 heavy (non-hydrogen) atoms. The van der Waals surface area contributed by atoms with E-state index >= 15 is 0 Å². The normalized spacial score (nSPS) is 16.5. The number of aromatic nitrogens is 2. The summed E-state index contributed by atoms with van der Waals surface area (Å²) in [5.74, 6) is 1.86. The Morgan fingerprint density at radius 1 is 1.35 bits per heavy atom. The van der Waals surface area contributed by atoms with E-state index in [-0.39, 0.29) is 0 Å². The standard InChI is InChI=1S/C12H20N4O/c1-9(2)7-10-8-11(13)15-12(14-10)16-3-5-17-6-4-16/h8-9H,3-7H2,1-2H3,(H2,13,14,15). The van der Waals surface area contributed by atoms with Gasteiger partial charge >= 0.3 is 0 Å².